The van der Waals surface area contributed by atoms with Crippen molar-refractivity contribution in [3.05, 3.63) is 36.4 Å². The fourth-order valence-electron chi connectivity index (χ4n) is 1.54. The fourth-order valence-corrected chi connectivity index (χ4v) is 1.54. The maximum atomic E-state index is 11.7. The lowest BCUT2D eigenvalue weighted by Gasteiger charge is -2.16. The van der Waals surface area contributed by atoms with Crippen molar-refractivity contribution < 1.29 is 19.1 Å². The van der Waals surface area contributed by atoms with Crippen LogP contribution in [-0.4, -0.2) is 31.4 Å². The number of ether oxygens (including phenoxy) is 2. The van der Waals surface area contributed by atoms with E-state index in [4.69, 9.17) is 9.47 Å². The number of hydrogen-bond acceptors (Lipinski definition) is 4. The number of Topliss-reactive ketones (excluding diaryl/α,β-unsaturated/α-hetero) is 1. The minimum atomic E-state index is -0.674. The summed E-state index contributed by atoms with van der Waals surface area (Å²) in [7, 11) is 1.48. The van der Waals surface area contributed by atoms with Gasteiger partial charge in [0.25, 0.3) is 5.91 Å². The van der Waals surface area contributed by atoms with Crippen molar-refractivity contribution in [2.45, 2.75) is 20.0 Å². The van der Waals surface area contributed by atoms with Crippen LogP contribution in [0.1, 0.15) is 24.2 Å². The standard InChI is InChI=1S/C15H19NO4/c1-5-8-16-15(18)11(3)20-13-7-6-12(10(2)17)9-14(13)19-4/h5-7,9,11H,1,8H2,2-4H3,(H,16,18)/t11-/m1/s1. The van der Waals surface area contributed by atoms with Crippen LogP contribution in [0.4, 0.5) is 0 Å². The lowest BCUT2D eigenvalue weighted by molar-refractivity contribution is -0.127. The third kappa shape index (κ3) is 4.12. The van der Waals surface area contributed by atoms with Crippen LogP contribution >= 0.6 is 0 Å². The molecule has 0 aliphatic rings. The molecule has 0 heterocycles. The molecule has 0 fully saturated rings. The molecule has 1 amide bonds. The Morgan fingerprint density at radius 2 is 2.10 bits per heavy atom. The minimum absolute atomic E-state index is 0.0633. The molecule has 1 aromatic carbocycles. The van der Waals surface area contributed by atoms with E-state index >= 15 is 0 Å². The van der Waals surface area contributed by atoms with E-state index in [0.29, 0.717) is 23.6 Å². The zero-order valence-corrected chi connectivity index (χ0v) is 11.9. The number of nitrogens with one attached hydrogen (secondary N) is 1. The Hall–Kier alpha value is -2.30. The van der Waals surface area contributed by atoms with Crippen LogP contribution in [0.3, 0.4) is 0 Å². The SMILES string of the molecule is C=CCNC(=O)[C@@H](C)Oc1ccc(C(C)=O)cc1OC. The van der Waals surface area contributed by atoms with Gasteiger partial charge in [-0.25, -0.2) is 0 Å². The quantitative estimate of drug-likeness (QED) is 0.611. The Balaban J connectivity index is 2.83. The lowest BCUT2D eigenvalue weighted by atomic mass is 10.1. The molecule has 1 atom stereocenters. The van der Waals surface area contributed by atoms with Gasteiger partial charge in [0.1, 0.15) is 0 Å². The number of hydrogen-bond donors (Lipinski definition) is 1. The second-order valence-electron chi connectivity index (χ2n) is 4.22. The molecular weight excluding hydrogens is 258 g/mol. The molecule has 5 heteroatoms. The van der Waals surface area contributed by atoms with Gasteiger partial charge in [-0.15, -0.1) is 6.58 Å². The molecule has 0 unspecified atom stereocenters. The van der Waals surface area contributed by atoms with Crippen molar-refractivity contribution in [1.29, 1.82) is 0 Å². The van der Waals surface area contributed by atoms with Gasteiger partial charge in [-0.1, -0.05) is 6.08 Å². The van der Waals surface area contributed by atoms with Crippen LogP contribution in [0, 0.1) is 0 Å². The van der Waals surface area contributed by atoms with Crippen molar-refractivity contribution in [3.63, 3.8) is 0 Å². The Kier molecular flexibility index (Phi) is 5.77. The van der Waals surface area contributed by atoms with Crippen molar-refractivity contribution in [3.8, 4) is 11.5 Å². The van der Waals surface area contributed by atoms with Crippen molar-refractivity contribution in [2.24, 2.45) is 0 Å². The van der Waals surface area contributed by atoms with E-state index in [1.54, 1.807) is 31.2 Å². The molecule has 0 aliphatic heterocycles. The van der Waals surface area contributed by atoms with Gasteiger partial charge in [0.2, 0.25) is 0 Å². The van der Waals surface area contributed by atoms with E-state index < -0.39 is 6.10 Å². The number of carbonyl (C=O) groups excluding carboxylic acids is 2. The molecule has 0 aliphatic carbocycles. The smallest absolute Gasteiger partial charge is 0.261 e. The lowest BCUT2D eigenvalue weighted by Crippen LogP contribution is -2.36. The Morgan fingerprint density at radius 3 is 2.65 bits per heavy atom. The molecule has 1 N–H and O–H groups in total. The molecule has 5 nitrogen and oxygen atoms in total. The first-order valence-electron chi connectivity index (χ1n) is 6.23. The molecule has 0 bridgehead atoms. The predicted octanol–water partition coefficient (Wildman–Crippen LogP) is 1.97. The topological polar surface area (TPSA) is 64.6 Å². The van der Waals surface area contributed by atoms with Crippen LogP contribution in [0.5, 0.6) is 11.5 Å². The van der Waals surface area contributed by atoms with Crippen LogP contribution in [0.2, 0.25) is 0 Å². The Morgan fingerprint density at radius 1 is 1.40 bits per heavy atom. The molecule has 108 valence electrons. The molecular formula is C15H19NO4. The highest BCUT2D eigenvalue weighted by Gasteiger charge is 2.16. The van der Waals surface area contributed by atoms with Gasteiger partial charge in [0.05, 0.1) is 7.11 Å². The summed E-state index contributed by atoms with van der Waals surface area (Å²) in [5, 5.41) is 2.64. The zero-order valence-electron chi connectivity index (χ0n) is 11.9. The summed E-state index contributed by atoms with van der Waals surface area (Å²) in [6.45, 7) is 7.01. The largest absolute Gasteiger partial charge is 0.493 e. The first-order valence-corrected chi connectivity index (χ1v) is 6.23. The highest BCUT2D eigenvalue weighted by Crippen LogP contribution is 2.29. The van der Waals surface area contributed by atoms with Gasteiger partial charge in [-0.05, 0) is 32.0 Å². The number of methoxy groups -OCH3 is 1. The average Bonchev–Trinajstić information content (AvgIpc) is 2.44. The highest BCUT2D eigenvalue weighted by atomic mass is 16.5. The first kappa shape index (κ1) is 15.8. The zero-order chi connectivity index (χ0) is 15.1. The van der Waals surface area contributed by atoms with Crippen molar-refractivity contribution in [1.82, 2.24) is 5.32 Å². The third-order valence-corrected chi connectivity index (χ3v) is 2.66. The van der Waals surface area contributed by atoms with Gasteiger partial charge in [-0.3, -0.25) is 9.59 Å². The normalized spacial score (nSPS) is 11.3. The van der Waals surface area contributed by atoms with E-state index in [0.717, 1.165) is 0 Å². The number of carbonyl (C=O) groups is 2. The average molecular weight is 277 g/mol. The summed E-state index contributed by atoms with van der Waals surface area (Å²) < 4.78 is 10.7. The second kappa shape index (κ2) is 7.33. The summed E-state index contributed by atoms with van der Waals surface area (Å²) in [6, 6.07) is 4.84. The number of rotatable bonds is 7. The fraction of sp³-hybridized carbons (Fsp3) is 0.333. The van der Waals surface area contributed by atoms with Crippen LogP contribution in [0.25, 0.3) is 0 Å². The van der Waals surface area contributed by atoms with Gasteiger partial charge < -0.3 is 14.8 Å². The third-order valence-electron chi connectivity index (χ3n) is 2.66. The molecule has 20 heavy (non-hydrogen) atoms. The van der Waals surface area contributed by atoms with E-state index in [9.17, 15) is 9.59 Å². The van der Waals surface area contributed by atoms with E-state index in [-0.39, 0.29) is 11.7 Å². The summed E-state index contributed by atoms with van der Waals surface area (Å²) in [6.07, 6.45) is 0.916. The van der Waals surface area contributed by atoms with E-state index in [2.05, 4.69) is 11.9 Å². The van der Waals surface area contributed by atoms with Gasteiger partial charge in [0, 0.05) is 12.1 Å². The summed E-state index contributed by atoms with van der Waals surface area (Å²) in [4.78, 5) is 23.0. The summed E-state index contributed by atoms with van der Waals surface area (Å²) in [5.74, 6) is 0.522. The molecule has 0 aromatic heterocycles. The maximum Gasteiger partial charge on any atom is 0.261 e. The monoisotopic (exact) mass is 277 g/mol. The van der Waals surface area contributed by atoms with Crippen molar-refractivity contribution >= 4 is 11.7 Å². The molecule has 1 rings (SSSR count). The maximum absolute atomic E-state index is 11.7. The molecule has 1 aromatic rings. The van der Waals surface area contributed by atoms with Crippen LogP contribution < -0.4 is 14.8 Å². The molecule has 0 spiro atoms. The summed E-state index contributed by atoms with van der Waals surface area (Å²) in [5.41, 5.74) is 0.526. The van der Waals surface area contributed by atoms with Crippen LogP contribution in [-0.2, 0) is 4.79 Å². The van der Waals surface area contributed by atoms with Crippen molar-refractivity contribution in [2.75, 3.05) is 13.7 Å². The van der Waals surface area contributed by atoms with E-state index in [1.165, 1.54) is 14.0 Å². The molecule has 0 saturated carbocycles. The van der Waals surface area contributed by atoms with E-state index in [1.807, 2.05) is 0 Å². The predicted molar refractivity (Wildman–Crippen MR) is 76.3 cm³/mol. The highest BCUT2D eigenvalue weighted by molar-refractivity contribution is 5.94. The molecule has 0 saturated heterocycles. The minimum Gasteiger partial charge on any atom is -0.493 e. The Bertz CT molecular complexity index is 511. The number of ketones is 1. The molecule has 0 radical (unpaired) electrons. The summed E-state index contributed by atoms with van der Waals surface area (Å²) >= 11 is 0. The van der Waals surface area contributed by atoms with Crippen LogP contribution in [0.15, 0.2) is 30.9 Å². The number of amides is 1. The van der Waals surface area contributed by atoms with Gasteiger partial charge >= 0.3 is 0 Å². The van der Waals surface area contributed by atoms with Gasteiger partial charge in [-0.2, -0.15) is 0 Å². The number of benzene rings is 1. The second-order valence-corrected chi connectivity index (χ2v) is 4.22. The van der Waals surface area contributed by atoms with Gasteiger partial charge in [0.15, 0.2) is 23.4 Å². The first-order chi connectivity index (χ1) is 9.49. The Labute approximate surface area is 118 Å².